The maximum atomic E-state index is 11.4. The fourth-order valence-electron chi connectivity index (χ4n) is 2.34. The summed E-state index contributed by atoms with van der Waals surface area (Å²) in [7, 11) is -2.83. The second kappa shape index (κ2) is 8.72. The lowest BCUT2D eigenvalue weighted by molar-refractivity contribution is 0.124. The van der Waals surface area contributed by atoms with Crippen LogP contribution in [-0.4, -0.2) is 78.7 Å². The zero-order chi connectivity index (χ0) is 16.7. The minimum absolute atomic E-state index is 0. The first kappa shape index (κ1) is 18.3. The van der Waals surface area contributed by atoms with Crippen molar-refractivity contribution in [2.45, 2.75) is 33.0 Å². The number of nitrogens with one attached hydrogen (secondary N) is 1. The molecule has 0 radical (unpaired) electrons. The van der Waals surface area contributed by atoms with Gasteiger partial charge in [0.1, 0.15) is 0 Å². The quantitative estimate of drug-likeness (QED) is 0.617. The second-order valence-corrected chi connectivity index (χ2v) is 8.43. The Morgan fingerprint density at radius 1 is 1.35 bits per heavy atom. The van der Waals surface area contributed by atoms with Crippen molar-refractivity contribution in [1.29, 1.82) is 0 Å². The van der Waals surface area contributed by atoms with Gasteiger partial charge in [0.15, 0.2) is 9.84 Å². The Morgan fingerprint density at radius 3 is 2.78 bits per heavy atom. The Kier molecular flexibility index (Phi) is 6.94. The van der Waals surface area contributed by atoms with E-state index in [1.807, 2.05) is 6.20 Å². The van der Waals surface area contributed by atoms with E-state index in [1.165, 1.54) is 0 Å². The lowest BCUT2D eigenvalue weighted by Gasteiger charge is -2.25. The predicted molar refractivity (Wildman–Crippen MR) is 90.0 cm³/mol. The molecule has 1 fully saturated rings. The van der Waals surface area contributed by atoms with Crippen molar-refractivity contribution in [1.82, 2.24) is 25.2 Å². The lowest BCUT2D eigenvalue weighted by Crippen LogP contribution is -2.39. The van der Waals surface area contributed by atoms with E-state index in [9.17, 15) is 8.42 Å². The molecule has 23 heavy (non-hydrogen) atoms. The molecule has 0 aliphatic carbocycles. The van der Waals surface area contributed by atoms with Gasteiger partial charge in [0.25, 0.3) is 0 Å². The molecule has 0 spiro atoms. The minimum Gasteiger partial charge on any atom is -0.378 e. The molecule has 1 saturated heterocycles. The van der Waals surface area contributed by atoms with Gasteiger partial charge in [0.05, 0.1) is 37.0 Å². The fourth-order valence-corrected chi connectivity index (χ4v) is 3.61. The van der Waals surface area contributed by atoms with Gasteiger partial charge in [-0.1, -0.05) is 19.1 Å². The maximum absolute atomic E-state index is 11.4. The molecule has 0 aromatic carbocycles. The van der Waals surface area contributed by atoms with Crippen molar-refractivity contribution in [3.05, 3.63) is 11.9 Å². The average molecular weight is 347 g/mol. The van der Waals surface area contributed by atoms with E-state index in [4.69, 9.17) is 4.74 Å². The molecule has 0 unspecified atom stereocenters. The standard InChI is InChI=1S/C14H27N5O3S.H2/c1-13(2)15-3-7-22-8-4-19-12-14(16-17-19)11-18-5-9-23(20,21)10-6-18;/h12-13,15H,3-11H2,1-2H3;1H. The monoisotopic (exact) mass is 347 g/mol. The second-order valence-electron chi connectivity index (χ2n) is 6.12. The Bertz CT molecular complexity index is 565. The van der Waals surface area contributed by atoms with Gasteiger partial charge >= 0.3 is 0 Å². The lowest BCUT2D eigenvalue weighted by atomic mass is 10.4. The number of ether oxygens (including phenoxy) is 1. The van der Waals surface area contributed by atoms with Gasteiger partial charge in [-0.3, -0.25) is 4.90 Å². The molecule has 1 aromatic rings. The third-order valence-electron chi connectivity index (χ3n) is 3.67. The molecule has 2 rings (SSSR count). The van der Waals surface area contributed by atoms with E-state index in [0.29, 0.717) is 45.4 Å². The molecule has 0 saturated carbocycles. The van der Waals surface area contributed by atoms with Crippen LogP contribution in [0, 0.1) is 0 Å². The number of sulfone groups is 1. The molecule has 1 aliphatic heterocycles. The number of rotatable bonds is 9. The van der Waals surface area contributed by atoms with Crippen LogP contribution in [0.15, 0.2) is 6.20 Å². The first-order valence-corrected chi connectivity index (χ1v) is 9.90. The molecule has 1 N–H and O–H groups in total. The van der Waals surface area contributed by atoms with Gasteiger partial charge in [0, 0.05) is 39.8 Å². The number of nitrogens with zero attached hydrogens (tertiary/aromatic N) is 4. The smallest absolute Gasteiger partial charge is 0.152 e. The maximum Gasteiger partial charge on any atom is 0.152 e. The van der Waals surface area contributed by atoms with Crippen molar-refractivity contribution < 1.29 is 14.6 Å². The molecule has 0 amide bonds. The van der Waals surface area contributed by atoms with Gasteiger partial charge in [0.2, 0.25) is 0 Å². The number of aromatic nitrogens is 3. The summed E-state index contributed by atoms with van der Waals surface area (Å²) in [5, 5.41) is 11.5. The Labute approximate surface area is 139 Å². The van der Waals surface area contributed by atoms with Crippen LogP contribution >= 0.6 is 0 Å². The van der Waals surface area contributed by atoms with E-state index in [-0.39, 0.29) is 12.9 Å². The summed E-state index contributed by atoms with van der Waals surface area (Å²) >= 11 is 0. The molecule has 0 bridgehead atoms. The topological polar surface area (TPSA) is 89.4 Å². The molecule has 1 aliphatic rings. The zero-order valence-electron chi connectivity index (χ0n) is 13.9. The minimum atomic E-state index is -2.83. The molecule has 1 aromatic heterocycles. The van der Waals surface area contributed by atoms with Crippen LogP contribution in [0.3, 0.4) is 0 Å². The molecular formula is C14H29N5O3S. The van der Waals surface area contributed by atoms with Crippen LogP contribution < -0.4 is 5.32 Å². The van der Waals surface area contributed by atoms with Crippen LogP contribution in [0.1, 0.15) is 21.0 Å². The molecule has 2 heterocycles. The zero-order valence-corrected chi connectivity index (χ0v) is 14.8. The molecule has 8 nitrogen and oxygen atoms in total. The van der Waals surface area contributed by atoms with E-state index in [0.717, 1.165) is 12.2 Å². The summed E-state index contributed by atoms with van der Waals surface area (Å²) < 4.78 is 30.1. The Morgan fingerprint density at radius 2 is 2.09 bits per heavy atom. The first-order valence-electron chi connectivity index (χ1n) is 8.07. The highest BCUT2D eigenvalue weighted by Crippen LogP contribution is 2.07. The van der Waals surface area contributed by atoms with Crippen LogP contribution in [-0.2, 0) is 27.7 Å². The van der Waals surface area contributed by atoms with E-state index in [2.05, 4.69) is 34.4 Å². The SMILES string of the molecule is CC(C)NCCOCCn1cc(CN2CCS(=O)(=O)CC2)nn1.[HH]. The summed E-state index contributed by atoms with van der Waals surface area (Å²) in [4.78, 5) is 2.10. The summed E-state index contributed by atoms with van der Waals surface area (Å²) in [6, 6.07) is 0.473. The van der Waals surface area contributed by atoms with Crippen molar-refractivity contribution in [2.24, 2.45) is 0 Å². The Hall–Kier alpha value is -1.03. The third-order valence-corrected chi connectivity index (χ3v) is 5.28. The highest BCUT2D eigenvalue weighted by atomic mass is 32.2. The van der Waals surface area contributed by atoms with Gasteiger partial charge in [-0.15, -0.1) is 5.10 Å². The molecule has 0 atom stereocenters. The highest BCUT2D eigenvalue weighted by molar-refractivity contribution is 7.91. The summed E-state index contributed by atoms with van der Waals surface area (Å²) in [5.41, 5.74) is 0.866. The van der Waals surface area contributed by atoms with E-state index in [1.54, 1.807) is 4.68 Å². The largest absolute Gasteiger partial charge is 0.378 e. The Balaban J connectivity index is 0.00000288. The molecule has 9 heteroatoms. The molecule has 134 valence electrons. The van der Waals surface area contributed by atoms with Crippen molar-refractivity contribution in [2.75, 3.05) is 44.4 Å². The van der Waals surface area contributed by atoms with Crippen molar-refractivity contribution in [3.8, 4) is 0 Å². The van der Waals surface area contributed by atoms with E-state index >= 15 is 0 Å². The van der Waals surface area contributed by atoms with Gasteiger partial charge in [-0.2, -0.15) is 0 Å². The van der Waals surface area contributed by atoms with Gasteiger partial charge < -0.3 is 10.1 Å². The predicted octanol–water partition coefficient (Wildman–Crippen LogP) is -0.231. The number of hydrogen-bond donors (Lipinski definition) is 1. The van der Waals surface area contributed by atoms with Crippen LogP contribution in [0.2, 0.25) is 0 Å². The van der Waals surface area contributed by atoms with Crippen molar-refractivity contribution in [3.63, 3.8) is 0 Å². The number of hydrogen-bond acceptors (Lipinski definition) is 7. The van der Waals surface area contributed by atoms with Crippen LogP contribution in [0.4, 0.5) is 0 Å². The first-order chi connectivity index (χ1) is 10.9. The summed E-state index contributed by atoms with van der Waals surface area (Å²) in [5.74, 6) is 0.471. The van der Waals surface area contributed by atoms with E-state index < -0.39 is 9.84 Å². The van der Waals surface area contributed by atoms with Crippen LogP contribution in [0.25, 0.3) is 0 Å². The summed E-state index contributed by atoms with van der Waals surface area (Å²) in [6.45, 7) is 8.80. The average Bonchev–Trinajstić information content (AvgIpc) is 2.92. The summed E-state index contributed by atoms with van der Waals surface area (Å²) in [6.07, 6.45) is 1.90. The fraction of sp³-hybridized carbons (Fsp3) is 0.857. The highest BCUT2D eigenvalue weighted by Gasteiger charge is 2.22. The van der Waals surface area contributed by atoms with Crippen LogP contribution in [0.5, 0.6) is 0 Å². The van der Waals surface area contributed by atoms with Gasteiger partial charge in [-0.25, -0.2) is 13.1 Å². The normalized spacial score (nSPS) is 18.6. The van der Waals surface area contributed by atoms with Gasteiger partial charge in [-0.05, 0) is 0 Å². The third kappa shape index (κ3) is 6.94. The molecular weight excluding hydrogens is 318 g/mol. The van der Waals surface area contributed by atoms with Crippen molar-refractivity contribution >= 4 is 9.84 Å².